The SMILES string of the molecule is CC(=O)N1CCN(CCOc2ccc(C)c(C)c2C[C@H]2C=CC(OCCN3CCCCC3)=C[C@H]2C)CC1. The van der Waals surface area contributed by atoms with Crippen molar-refractivity contribution in [2.24, 2.45) is 11.8 Å². The molecule has 0 bridgehead atoms. The first-order chi connectivity index (χ1) is 17.9. The average molecular weight is 510 g/mol. The number of allylic oxidation sites excluding steroid dienone is 3. The summed E-state index contributed by atoms with van der Waals surface area (Å²) in [5.41, 5.74) is 3.97. The maximum Gasteiger partial charge on any atom is 0.219 e. The molecule has 6 nitrogen and oxygen atoms in total. The molecule has 3 aliphatic rings. The van der Waals surface area contributed by atoms with Crippen LogP contribution in [-0.2, 0) is 16.0 Å². The number of ether oxygens (including phenoxy) is 2. The van der Waals surface area contributed by atoms with Gasteiger partial charge in [-0.2, -0.15) is 0 Å². The Labute approximate surface area is 224 Å². The minimum absolute atomic E-state index is 0.174. The fourth-order valence-corrected chi connectivity index (χ4v) is 5.70. The number of piperazine rings is 1. The molecule has 2 aliphatic heterocycles. The lowest BCUT2D eigenvalue weighted by Crippen LogP contribution is -2.48. The van der Waals surface area contributed by atoms with E-state index >= 15 is 0 Å². The molecule has 0 N–H and O–H groups in total. The second-order valence-electron chi connectivity index (χ2n) is 11.1. The lowest BCUT2D eigenvalue weighted by Gasteiger charge is -2.34. The van der Waals surface area contributed by atoms with Gasteiger partial charge in [0.2, 0.25) is 5.91 Å². The van der Waals surface area contributed by atoms with E-state index in [4.69, 9.17) is 9.47 Å². The Kier molecular flexibility index (Phi) is 10.1. The molecule has 2 saturated heterocycles. The number of amides is 1. The third kappa shape index (κ3) is 7.84. The molecule has 37 heavy (non-hydrogen) atoms. The molecule has 0 aromatic heterocycles. The van der Waals surface area contributed by atoms with Crippen molar-refractivity contribution in [1.29, 1.82) is 0 Å². The molecule has 1 aliphatic carbocycles. The van der Waals surface area contributed by atoms with Crippen LogP contribution >= 0.6 is 0 Å². The summed E-state index contributed by atoms with van der Waals surface area (Å²) in [4.78, 5) is 18.4. The number of benzene rings is 1. The molecule has 2 fully saturated rings. The van der Waals surface area contributed by atoms with Gasteiger partial charge in [0.15, 0.2) is 0 Å². The Morgan fingerprint density at radius 2 is 1.59 bits per heavy atom. The summed E-state index contributed by atoms with van der Waals surface area (Å²) in [5.74, 6) is 3.05. The normalized spacial score (nSPS) is 23.1. The van der Waals surface area contributed by atoms with Crippen molar-refractivity contribution >= 4 is 5.91 Å². The predicted molar refractivity (Wildman–Crippen MR) is 150 cm³/mol. The van der Waals surface area contributed by atoms with Crippen LogP contribution in [-0.4, -0.2) is 86.2 Å². The van der Waals surface area contributed by atoms with Gasteiger partial charge < -0.3 is 14.4 Å². The number of carbonyl (C=O) groups excluding carboxylic acids is 1. The van der Waals surface area contributed by atoms with Crippen LogP contribution in [0.4, 0.5) is 0 Å². The molecule has 2 atom stereocenters. The zero-order chi connectivity index (χ0) is 26.2. The fraction of sp³-hybridized carbons (Fsp3) is 0.645. The van der Waals surface area contributed by atoms with Crippen LogP contribution in [0.15, 0.2) is 36.1 Å². The van der Waals surface area contributed by atoms with Gasteiger partial charge in [-0.25, -0.2) is 0 Å². The molecule has 1 aromatic rings. The minimum atomic E-state index is 0.174. The van der Waals surface area contributed by atoms with E-state index in [1.54, 1.807) is 6.92 Å². The largest absolute Gasteiger partial charge is 0.493 e. The lowest BCUT2D eigenvalue weighted by atomic mass is 9.83. The summed E-state index contributed by atoms with van der Waals surface area (Å²) in [7, 11) is 0. The van der Waals surface area contributed by atoms with Crippen LogP contribution in [0.5, 0.6) is 5.75 Å². The van der Waals surface area contributed by atoms with Crippen molar-refractivity contribution in [3.63, 3.8) is 0 Å². The van der Waals surface area contributed by atoms with Crippen molar-refractivity contribution in [2.45, 2.75) is 53.4 Å². The molecule has 2 heterocycles. The van der Waals surface area contributed by atoms with Gasteiger partial charge in [-0.3, -0.25) is 14.6 Å². The van der Waals surface area contributed by atoms with Crippen molar-refractivity contribution < 1.29 is 14.3 Å². The highest BCUT2D eigenvalue weighted by Crippen LogP contribution is 2.33. The lowest BCUT2D eigenvalue weighted by molar-refractivity contribution is -0.130. The Morgan fingerprint density at radius 3 is 2.27 bits per heavy atom. The summed E-state index contributed by atoms with van der Waals surface area (Å²) in [6.07, 6.45) is 11.8. The average Bonchev–Trinajstić information content (AvgIpc) is 2.90. The van der Waals surface area contributed by atoms with Gasteiger partial charge >= 0.3 is 0 Å². The van der Waals surface area contributed by atoms with Gasteiger partial charge in [0.05, 0.1) is 0 Å². The van der Waals surface area contributed by atoms with Crippen LogP contribution in [0.25, 0.3) is 0 Å². The van der Waals surface area contributed by atoms with E-state index in [0.29, 0.717) is 18.4 Å². The molecule has 6 heteroatoms. The number of aryl methyl sites for hydroxylation is 1. The first-order valence-corrected chi connectivity index (χ1v) is 14.4. The van der Waals surface area contributed by atoms with Crippen LogP contribution in [0.1, 0.15) is 49.8 Å². The third-order valence-electron chi connectivity index (χ3n) is 8.48. The molecule has 0 spiro atoms. The number of likely N-dealkylation sites (tertiary alicyclic amines) is 1. The van der Waals surface area contributed by atoms with E-state index in [2.05, 4.69) is 60.9 Å². The topological polar surface area (TPSA) is 45.3 Å². The number of rotatable bonds is 10. The molecule has 0 unspecified atom stereocenters. The second-order valence-corrected chi connectivity index (χ2v) is 11.1. The van der Waals surface area contributed by atoms with E-state index in [-0.39, 0.29) is 5.91 Å². The van der Waals surface area contributed by atoms with Crippen LogP contribution in [0.2, 0.25) is 0 Å². The number of piperidine rings is 1. The van der Waals surface area contributed by atoms with Crippen LogP contribution in [0.3, 0.4) is 0 Å². The highest BCUT2D eigenvalue weighted by atomic mass is 16.5. The Bertz CT molecular complexity index is 959. The smallest absolute Gasteiger partial charge is 0.219 e. The van der Waals surface area contributed by atoms with Crippen molar-refractivity contribution in [3.8, 4) is 5.75 Å². The highest BCUT2D eigenvalue weighted by molar-refractivity contribution is 5.73. The predicted octanol–water partition coefficient (Wildman–Crippen LogP) is 4.60. The number of hydrogen-bond donors (Lipinski definition) is 0. The molecule has 0 radical (unpaired) electrons. The Morgan fingerprint density at radius 1 is 0.919 bits per heavy atom. The Balaban J connectivity index is 1.28. The van der Waals surface area contributed by atoms with E-state index < -0.39 is 0 Å². The summed E-state index contributed by atoms with van der Waals surface area (Å²) in [6.45, 7) is 17.6. The summed E-state index contributed by atoms with van der Waals surface area (Å²) in [5, 5.41) is 0. The quantitative estimate of drug-likeness (QED) is 0.461. The molecular formula is C31H47N3O3. The zero-order valence-electron chi connectivity index (χ0n) is 23.5. The van der Waals surface area contributed by atoms with Gasteiger partial charge in [0.1, 0.15) is 24.7 Å². The van der Waals surface area contributed by atoms with Crippen molar-refractivity contribution in [1.82, 2.24) is 14.7 Å². The van der Waals surface area contributed by atoms with E-state index in [1.807, 2.05) is 4.90 Å². The fourth-order valence-electron chi connectivity index (χ4n) is 5.70. The number of carbonyl (C=O) groups is 1. The molecule has 1 amide bonds. The molecule has 0 saturated carbocycles. The molecule has 4 rings (SSSR count). The van der Waals surface area contributed by atoms with Crippen molar-refractivity contribution in [3.05, 3.63) is 52.8 Å². The standard InChI is InChI=1S/C31H47N3O3/c1-24-8-11-31(37-21-19-33-14-16-34(17-15-33)27(4)35)30(26(24)3)23-28-9-10-29(22-25(28)2)36-20-18-32-12-6-5-7-13-32/h8-11,22,25,28H,5-7,12-21,23H2,1-4H3/t25-,28-/m1/s1. The molecular weight excluding hydrogens is 462 g/mol. The minimum Gasteiger partial charge on any atom is -0.493 e. The Hall–Kier alpha value is -2.31. The van der Waals surface area contributed by atoms with Crippen LogP contribution in [0, 0.1) is 25.7 Å². The summed E-state index contributed by atoms with van der Waals surface area (Å²) in [6, 6.07) is 4.32. The van der Waals surface area contributed by atoms with Crippen molar-refractivity contribution in [2.75, 3.05) is 65.6 Å². The highest BCUT2D eigenvalue weighted by Gasteiger charge is 2.22. The van der Waals surface area contributed by atoms with E-state index in [1.165, 1.54) is 49.0 Å². The monoisotopic (exact) mass is 509 g/mol. The number of hydrogen-bond acceptors (Lipinski definition) is 5. The van der Waals surface area contributed by atoms with E-state index in [0.717, 1.165) is 63.8 Å². The van der Waals surface area contributed by atoms with Gasteiger partial charge in [0.25, 0.3) is 0 Å². The van der Waals surface area contributed by atoms with E-state index in [9.17, 15) is 4.79 Å². The molecule has 204 valence electrons. The second kappa shape index (κ2) is 13.5. The maximum absolute atomic E-state index is 11.6. The van der Waals surface area contributed by atoms with Gasteiger partial charge in [-0.1, -0.05) is 25.5 Å². The zero-order valence-corrected chi connectivity index (χ0v) is 23.5. The maximum atomic E-state index is 11.6. The van der Waals surface area contributed by atoms with Gasteiger partial charge in [-0.05, 0) is 92.9 Å². The third-order valence-corrected chi connectivity index (χ3v) is 8.48. The van der Waals surface area contributed by atoms with Gasteiger partial charge in [0, 0.05) is 46.2 Å². The molecule has 1 aromatic carbocycles. The summed E-state index contributed by atoms with van der Waals surface area (Å²) >= 11 is 0. The van der Waals surface area contributed by atoms with Crippen LogP contribution < -0.4 is 4.74 Å². The first kappa shape index (κ1) is 27.7. The number of nitrogens with zero attached hydrogens (tertiary/aromatic N) is 3. The summed E-state index contributed by atoms with van der Waals surface area (Å²) < 4.78 is 12.5. The van der Waals surface area contributed by atoms with Gasteiger partial charge in [-0.15, -0.1) is 0 Å². The first-order valence-electron chi connectivity index (χ1n) is 14.4.